The molecule has 0 radical (unpaired) electrons. The summed E-state index contributed by atoms with van der Waals surface area (Å²) in [6.07, 6.45) is 3.81. The zero-order chi connectivity index (χ0) is 11.4. The lowest BCUT2D eigenvalue weighted by Crippen LogP contribution is -2.17. The van der Waals surface area contributed by atoms with Crippen LogP contribution in [0.1, 0.15) is 30.5 Å². The minimum atomic E-state index is 0.183. The number of Topliss-reactive ketones (excluding diaryl/α,β-unsaturated/α-hetero) is 1. The molecule has 0 saturated carbocycles. The topological polar surface area (TPSA) is 39.2 Å². The van der Waals surface area contributed by atoms with Gasteiger partial charge < -0.3 is 4.74 Å². The molecular weight excluding hydrogens is 222 g/mol. The number of thiazole rings is 1. The molecular formula is C12H17NO2S. The van der Waals surface area contributed by atoms with Crippen molar-refractivity contribution >= 4 is 17.1 Å². The van der Waals surface area contributed by atoms with E-state index in [-0.39, 0.29) is 5.78 Å². The zero-order valence-electron chi connectivity index (χ0n) is 9.57. The van der Waals surface area contributed by atoms with Crippen molar-refractivity contribution in [3.8, 4) is 0 Å². The van der Waals surface area contributed by atoms with E-state index in [4.69, 9.17) is 4.74 Å². The highest BCUT2D eigenvalue weighted by molar-refractivity contribution is 7.09. The first-order valence-electron chi connectivity index (χ1n) is 5.74. The lowest BCUT2D eigenvalue weighted by molar-refractivity contribution is -0.116. The van der Waals surface area contributed by atoms with Crippen molar-refractivity contribution in [1.29, 1.82) is 0 Å². The second kappa shape index (κ2) is 5.55. The molecule has 0 bridgehead atoms. The van der Waals surface area contributed by atoms with Crippen molar-refractivity contribution in [2.24, 2.45) is 5.92 Å². The summed E-state index contributed by atoms with van der Waals surface area (Å²) < 4.78 is 5.33. The van der Waals surface area contributed by atoms with Crippen LogP contribution in [0.5, 0.6) is 0 Å². The average Bonchev–Trinajstić information content (AvgIpc) is 2.66. The largest absolute Gasteiger partial charge is 0.381 e. The summed E-state index contributed by atoms with van der Waals surface area (Å²) in [6.45, 7) is 3.38. The van der Waals surface area contributed by atoms with Gasteiger partial charge in [0.2, 0.25) is 0 Å². The number of ketones is 1. The van der Waals surface area contributed by atoms with Crippen LogP contribution in [0.3, 0.4) is 0 Å². The minimum absolute atomic E-state index is 0.183. The van der Waals surface area contributed by atoms with Crippen molar-refractivity contribution in [2.75, 3.05) is 13.2 Å². The van der Waals surface area contributed by atoms with Crippen LogP contribution in [-0.2, 0) is 22.4 Å². The monoisotopic (exact) mass is 239 g/mol. The average molecular weight is 239 g/mol. The predicted molar refractivity (Wildman–Crippen MR) is 63.7 cm³/mol. The number of hydrogen-bond donors (Lipinski definition) is 0. The summed E-state index contributed by atoms with van der Waals surface area (Å²) >= 11 is 1.68. The van der Waals surface area contributed by atoms with E-state index in [9.17, 15) is 4.79 Å². The van der Waals surface area contributed by atoms with Crippen LogP contribution in [0, 0.1) is 5.92 Å². The van der Waals surface area contributed by atoms with Gasteiger partial charge in [-0.25, -0.2) is 4.98 Å². The van der Waals surface area contributed by atoms with Gasteiger partial charge in [0, 0.05) is 31.4 Å². The van der Waals surface area contributed by atoms with Crippen molar-refractivity contribution in [1.82, 2.24) is 4.98 Å². The molecule has 16 heavy (non-hydrogen) atoms. The molecule has 2 heterocycles. The van der Waals surface area contributed by atoms with E-state index in [0.717, 1.165) is 38.2 Å². The second-order valence-electron chi connectivity index (χ2n) is 4.37. The molecule has 1 aliphatic rings. The van der Waals surface area contributed by atoms with E-state index in [2.05, 4.69) is 4.98 Å². The van der Waals surface area contributed by atoms with E-state index >= 15 is 0 Å². The molecule has 0 amide bonds. The van der Waals surface area contributed by atoms with Gasteiger partial charge in [-0.05, 0) is 25.7 Å². The van der Waals surface area contributed by atoms with Crippen molar-refractivity contribution in [3.05, 3.63) is 16.1 Å². The highest BCUT2D eigenvalue weighted by Gasteiger charge is 2.16. The maximum Gasteiger partial charge on any atom is 0.135 e. The normalized spacial score (nSPS) is 17.6. The molecule has 0 atom stereocenters. The van der Waals surface area contributed by atoms with Crippen LogP contribution >= 0.6 is 11.3 Å². The third-order valence-electron chi connectivity index (χ3n) is 2.83. The molecule has 0 spiro atoms. The molecule has 0 N–H and O–H groups in total. The smallest absolute Gasteiger partial charge is 0.135 e. The van der Waals surface area contributed by atoms with Gasteiger partial charge in [-0.3, -0.25) is 4.79 Å². The second-order valence-corrected chi connectivity index (χ2v) is 5.31. The minimum Gasteiger partial charge on any atom is -0.381 e. The third kappa shape index (κ3) is 3.39. The first-order valence-corrected chi connectivity index (χ1v) is 6.62. The molecule has 1 aromatic heterocycles. The maximum atomic E-state index is 11.0. The number of hydrogen-bond acceptors (Lipinski definition) is 4. The van der Waals surface area contributed by atoms with Gasteiger partial charge in [-0.15, -0.1) is 11.3 Å². The molecule has 1 aromatic rings. The van der Waals surface area contributed by atoms with E-state index in [1.54, 1.807) is 18.3 Å². The summed E-state index contributed by atoms with van der Waals surface area (Å²) in [6, 6.07) is 0. The summed E-state index contributed by atoms with van der Waals surface area (Å²) in [5, 5.41) is 3.18. The molecule has 88 valence electrons. The van der Waals surface area contributed by atoms with Crippen molar-refractivity contribution in [3.63, 3.8) is 0 Å². The number of carbonyl (C=O) groups is 1. The lowest BCUT2D eigenvalue weighted by atomic mass is 9.97. The van der Waals surface area contributed by atoms with Crippen LogP contribution < -0.4 is 0 Å². The Labute approximate surface area is 99.8 Å². The Bertz CT molecular complexity index is 356. The molecule has 1 fully saturated rings. The van der Waals surface area contributed by atoms with Crippen LogP contribution in [0.15, 0.2) is 5.38 Å². The highest BCUT2D eigenvalue weighted by Crippen LogP contribution is 2.22. The maximum absolute atomic E-state index is 11.0. The molecule has 1 saturated heterocycles. The van der Waals surface area contributed by atoms with E-state index < -0.39 is 0 Å². The van der Waals surface area contributed by atoms with Crippen molar-refractivity contribution in [2.45, 2.75) is 32.6 Å². The number of nitrogens with zero attached hydrogens (tertiary/aromatic N) is 1. The van der Waals surface area contributed by atoms with Gasteiger partial charge in [-0.1, -0.05) is 0 Å². The fourth-order valence-electron chi connectivity index (χ4n) is 1.98. The van der Waals surface area contributed by atoms with Crippen LogP contribution in [0.4, 0.5) is 0 Å². The first-order chi connectivity index (χ1) is 7.74. The number of aromatic nitrogens is 1. The summed E-state index contributed by atoms with van der Waals surface area (Å²) in [5.74, 6) is 0.896. The van der Waals surface area contributed by atoms with Gasteiger partial charge in [-0.2, -0.15) is 0 Å². The first kappa shape index (κ1) is 11.7. The Hall–Kier alpha value is -0.740. The number of carbonyl (C=O) groups excluding carboxylic acids is 1. The molecule has 0 aromatic carbocycles. The zero-order valence-corrected chi connectivity index (χ0v) is 10.4. The van der Waals surface area contributed by atoms with Crippen LogP contribution in [-0.4, -0.2) is 24.0 Å². The molecule has 4 heteroatoms. The van der Waals surface area contributed by atoms with Crippen LogP contribution in [0.2, 0.25) is 0 Å². The quantitative estimate of drug-likeness (QED) is 0.809. The van der Waals surface area contributed by atoms with Gasteiger partial charge in [0.15, 0.2) is 0 Å². The lowest BCUT2D eigenvalue weighted by Gasteiger charge is -2.20. The van der Waals surface area contributed by atoms with Gasteiger partial charge in [0.05, 0.1) is 10.7 Å². The van der Waals surface area contributed by atoms with Gasteiger partial charge in [0.1, 0.15) is 5.78 Å². The summed E-state index contributed by atoms with van der Waals surface area (Å²) in [5.41, 5.74) is 0.930. The van der Waals surface area contributed by atoms with Crippen LogP contribution in [0.25, 0.3) is 0 Å². The Morgan fingerprint density at radius 3 is 3.00 bits per heavy atom. The fourth-order valence-corrected chi connectivity index (χ4v) is 2.89. The molecule has 0 unspecified atom stereocenters. The van der Waals surface area contributed by atoms with E-state index in [1.807, 2.05) is 5.38 Å². The Morgan fingerprint density at radius 1 is 1.56 bits per heavy atom. The Balaban J connectivity index is 1.88. The molecule has 2 rings (SSSR count). The third-order valence-corrected chi connectivity index (χ3v) is 3.75. The van der Waals surface area contributed by atoms with Gasteiger partial charge >= 0.3 is 0 Å². The standard InChI is InChI=1S/C12H17NO2S/c1-9(14)6-11-8-16-12(13-11)7-10-2-4-15-5-3-10/h8,10H,2-7H2,1H3. The highest BCUT2D eigenvalue weighted by atomic mass is 32.1. The fraction of sp³-hybridized carbons (Fsp3) is 0.667. The SMILES string of the molecule is CC(=O)Cc1csc(CC2CCOCC2)n1. The predicted octanol–water partition coefficient (Wildman–Crippen LogP) is 2.24. The van der Waals surface area contributed by atoms with Gasteiger partial charge in [0.25, 0.3) is 0 Å². The molecule has 1 aliphatic heterocycles. The number of ether oxygens (including phenoxy) is 1. The van der Waals surface area contributed by atoms with Crippen molar-refractivity contribution < 1.29 is 9.53 Å². The van der Waals surface area contributed by atoms with E-state index in [0.29, 0.717) is 12.3 Å². The Morgan fingerprint density at radius 2 is 2.31 bits per heavy atom. The molecule has 0 aliphatic carbocycles. The summed E-state index contributed by atoms with van der Waals surface area (Å²) in [4.78, 5) is 15.5. The number of rotatable bonds is 4. The molecule has 3 nitrogen and oxygen atoms in total. The summed E-state index contributed by atoms with van der Waals surface area (Å²) in [7, 11) is 0. The van der Waals surface area contributed by atoms with E-state index in [1.165, 1.54) is 5.01 Å². The Kier molecular flexibility index (Phi) is 4.07.